The highest BCUT2D eigenvalue weighted by molar-refractivity contribution is 7.80. The minimum Gasteiger partial charge on any atom is -0.331 e. The number of anilines is 2. The van der Waals surface area contributed by atoms with Gasteiger partial charge in [-0.25, -0.2) is 0 Å². The van der Waals surface area contributed by atoms with Crippen LogP contribution in [0, 0.1) is 13.8 Å². The van der Waals surface area contributed by atoms with Crippen LogP contribution in [0.15, 0.2) is 36.4 Å². The lowest BCUT2D eigenvalue weighted by atomic mass is 10.1. The normalized spacial score (nSPS) is 10.2. The topological polar surface area (TPSA) is 70.2 Å². The van der Waals surface area contributed by atoms with Crippen molar-refractivity contribution < 1.29 is 9.59 Å². The predicted octanol–water partition coefficient (Wildman–Crippen LogP) is 4.82. The third-order valence-electron chi connectivity index (χ3n) is 3.83. The maximum atomic E-state index is 12.4. The molecule has 7 heteroatoms. The van der Waals surface area contributed by atoms with E-state index in [-0.39, 0.29) is 16.9 Å². The summed E-state index contributed by atoms with van der Waals surface area (Å²) in [6.45, 7) is 5.78. The van der Waals surface area contributed by atoms with Gasteiger partial charge in [-0.15, -0.1) is 0 Å². The zero-order valence-electron chi connectivity index (χ0n) is 15.5. The molecular formula is C20H22ClN3O2S. The van der Waals surface area contributed by atoms with Crippen LogP contribution >= 0.6 is 23.8 Å². The minimum atomic E-state index is -0.298. The van der Waals surface area contributed by atoms with Crippen LogP contribution in [0.5, 0.6) is 0 Å². The van der Waals surface area contributed by atoms with Gasteiger partial charge in [-0.1, -0.05) is 36.2 Å². The molecule has 0 heterocycles. The van der Waals surface area contributed by atoms with Crippen molar-refractivity contribution in [3.05, 3.63) is 58.1 Å². The van der Waals surface area contributed by atoms with Gasteiger partial charge in [0.25, 0.3) is 5.91 Å². The van der Waals surface area contributed by atoms with Crippen molar-refractivity contribution in [2.24, 2.45) is 0 Å². The smallest absolute Gasteiger partial charge is 0.257 e. The molecule has 142 valence electrons. The molecule has 3 N–H and O–H groups in total. The second-order valence-electron chi connectivity index (χ2n) is 6.22. The summed E-state index contributed by atoms with van der Waals surface area (Å²) < 4.78 is 0. The second-order valence-corrected chi connectivity index (χ2v) is 7.03. The summed E-state index contributed by atoms with van der Waals surface area (Å²) >= 11 is 11.4. The quantitative estimate of drug-likeness (QED) is 0.626. The van der Waals surface area contributed by atoms with Crippen LogP contribution in [0.2, 0.25) is 5.02 Å². The molecule has 2 aromatic carbocycles. The molecule has 0 fully saturated rings. The third-order valence-corrected chi connectivity index (χ3v) is 4.36. The zero-order valence-corrected chi connectivity index (χ0v) is 17.1. The summed E-state index contributed by atoms with van der Waals surface area (Å²) in [5.74, 6) is -0.370. The van der Waals surface area contributed by atoms with Crippen LogP contribution in [-0.4, -0.2) is 16.9 Å². The van der Waals surface area contributed by atoms with E-state index >= 15 is 0 Å². The average Bonchev–Trinajstić information content (AvgIpc) is 2.57. The first kappa shape index (κ1) is 20.9. The Balaban J connectivity index is 2.06. The van der Waals surface area contributed by atoms with Crippen LogP contribution in [0.4, 0.5) is 11.4 Å². The van der Waals surface area contributed by atoms with Gasteiger partial charge in [0.2, 0.25) is 5.91 Å². The van der Waals surface area contributed by atoms with E-state index in [1.54, 1.807) is 24.3 Å². The number of aryl methyl sites for hydroxylation is 2. The lowest BCUT2D eigenvalue weighted by molar-refractivity contribution is -0.116. The summed E-state index contributed by atoms with van der Waals surface area (Å²) in [4.78, 5) is 24.2. The number of amides is 2. The molecule has 2 rings (SSSR count). The van der Waals surface area contributed by atoms with Crippen molar-refractivity contribution in [3.63, 3.8) is 0 Å². The number of hydrogen-bond acceptors (Lipinski definition) is 3. The molecule has 0 aliphatic heterocycles. The average molecular weight is 404 g/mol. The van der Waals surface area contributed by atoms with Crippen molar-refractivity contribution in [1.29, 1.82) is 0 Å². The Labute approximate surface area is 169 Å². The zero-order chi connectivity index (χ0) is 20.0. The van der Waals surface area contributed by atoms with Crippen molar-refractivity contribution in [2.75, 3.05) is 10.6 Å². The van der Waals surface area contributed by atoms with Gasteiger partial charge >= 0.3 is 0 Å². The van der Waals surface area contributed by atoms with Crippen LogP contribution in [-0.2, 0) is 4.79 Å². The van der Waals surface area contributed by atoms with Crippen molar-refractivity contribution in [3.8, 4) is 0 Å². The summed E-state index contributed by atoms with van der Waals surface area (Å²) in [6.07, 6.45) is 1.20. The first-order valence-electron chi connectivity index (χ1n) is 8.59. The Morgan fingerprint density at radius 2 is 1.81 bits per heavy atom. The number of thiocarbonyl (C=S) groups is 1. The molecule has 0 bridgehead atoms. The van der Waals surface area contributed by atoms with E-state index in [0.29, 0.717) is 28.4 Å². The number of hydrogen-bond donors (Lipinski definition) is 3. The Hall–Kier alpha value is -2.44. The number of carbonyl (C=O) groups is 2. The summed E-state index contributed by atoms with van der Waals surface area (Å²) in [5.41, 5.74) is 3.60. The first-order valence-corrected chi connectivity index (χ1v) is 9.37. The Morgan fingerprint density at radius 3 is 2.48 bits per heavy atom. The molecule has 0 aliphatic rings. The van der Waals surface area contributed by atoms with Gasteiger partial charge in [0.05, 0.1) is 10.7 Å². The maximum absolute atomic E-state index is 12.4. The fourth-order valence-corrected chi connectivity index (χ4v) is 2.91. The fourth-order valence-electron chi connectivity index (χ4n) is 2.54. The standard InChI is InChI=1S/C20H22ClN3O2S/c1-4-5-18(25)22-14-7-9-16(21)17(11-14)23-20(27)24-19(26)15-8-6-12(2)10-13(15)3/h6-11H,4-5H2,1-3H3,(H,22,25)(H2,23,24,26,27). The van der Waals surface area contributed by atoms with Crippen LogP contribution < -0.4 is 16.0 Å². The molecule has 27 heavy (non-hydrogen) atoms. The molecule has 0 saturated heterocycles. The van der Waals surface area contributed by atoms with E-state index in [1.165, 1.54) is 0 Å². The highest BCUT2D eigenvalue weighted by atomic mass is 35.5. The monoisotopic (exact) mass is 403 g/mol. The van der Waals surface area contributed by atoms with Gasteiger partial charge in [-0.2, -0.15) is 0 Å². The van der Waals surface area contributed by atoms with E-state index in [9.17, 15) is 9.59 Å². The van der Waals surface area contributed by atoms with E-state index in [4.69, 9.17) is 23.8 Å². The summed E-state index contributed by atoms with van der Waals surface area (Å²) in [6, 6.07) is 10.6. The molecule has 0 spiro atoms. The number of benzene rings is 2. The number of carbonyl (C=O) groups excluding carboxylic acids is 2. The Morgan fingerprint density at radius 1 is 1.07 bits per heavy atom. The van der Waals surface area contributed by atoms with Crippen molar-refractivity contribution in [2.45, 2.75) is 33.6 Å². The minimum absolute atomic E-state index is 0.0727. The number of rotatable bonds is 5. The largest absolute Gasteiger partial charge is 0.331 e. The van der Waals surface area contributed by atoms with Gasteiger partial charge in [0, 0.05) is 17.7 Å². The highest BCUT2D eigenvalue weighted by Crippen LogP contribution is 2.25. The van der Waals surface area contributed by atoms with Crippen LogP contribution in [0.1, 0.15) is 41.3 Å². The van der Waals surface area contributed by atoms with Gasteiger partial charge in [-0.3, -0.25) is 14.9 Å². The van der Waals surface area contributed by atoms with E-state index < -0.39 is 0 Å². The third kappa shape index (κ3) is 6.05. The highest BCUT2D eigenvalue weighted by Gasteiger charge is 2.12. The molecule has 0 aliphatic carbocycles. The molecule has 0 unspecified atom stereocenters. The lowest BCUT2D eigenvalue weighted by Gasteiger charge is -2.13. The van der Waals surface area contributed by atoms with E-state index in [2.05, 4.69) is 16.0 Å². The molecule has 2 aromatic rings. The van der Waals surface area contributed by atoms with E-state index in [0.717, 1.165) is 17.5 Å². The van der Waals surface area contributed by atoms with Crippen LogP contribution in [0.3, 0.4) is 0 Å². The van der Waals surface area contributed by atoms with Gasteiger partial charge in [0.1, 0.15) is 0 Å². The number of nitrogens with one attached hydrogen (secondary N) is 3. The second kappa shape index (κ2) is 9.48. The molecule has 0 saturated carbocycles. The predicted molar refractivity (Wildman–Crippen MR) is 115 cm³/mol. The molecule has 0 atom stereocenters. The van der Waals surface area contributed by atoms with Gasteiger partial charge in [0.15, 0.2) is 5.11 Å². The molecule has 0 aromatic heterocycles. The van der Waals surface area contributed by atoms with Crippen molar-refractivity contribution in [1.82, 2.24) is 5.32 Å². The Kier molecular flexibility index (Phi) is 7.33. The molecular weight excluding hydrogens is 382 g/mol. The van der Waals surface area contributed by atoms with Gasteiger partial charge in [-0.05, 0) is 62.3 Å². The summed E-state index contributed by atoms with van der Waals surface area (Å²) in [5, 5.41) is 8.89. The fraction of sp³-hybridized carbons (Fsp3) is 0.250. The van der Waals surface area contributed by atoms with Crippen molar-refractivity contribution >= 4 is 52.1 Å². The van der Waals surface area contributed by atoms with Crippen LogP contribution in [0.25, 0.3) is 0 Å². The Bertz CT molecular complexity index is 884. The first-order chi connectivity index (χ1) is 12.8. The van der Waals surface area contributed by atoms with E-state index in [1.807, 2.05) is 32.9 Å². The molecule has 2 amide bonds. The lowest BCUT2D eigenvalue weighted by Crippen LogP contribution is -2.34. The molecule has 0 radical (unpaired) electrons. The summed E-state index contributed by atoms with van der Waals surface area (Å²) in [7, 11) is 0. The number of halogens is 1. The molecule has 5 nitrogen and oxygen atoms in total. The maximum Gasteiger partial charge on any atom is 0.257 e. The van der Waals surface area contributed by atoms with Gasteiger partial charge < -0.3 is 10.6 Å². The SMILES string of the molecule is CCCC(=O)Nc1ccc(Cl)c(NC(=S)NC(=O)c2ccc(C)cc2C)c1.